The predicted molar refractivity (Wildman–Crippen MR) is 239 cm³/mol. The third-order valence-electron chi connectivity index (χ3n) is 13.0. The van der Waals surface area contributed by atoms with Crippen molar-refractivity contribution in [3.05, 3.63) is 286 Å². The molecule has 2 N–H and O–H groups in total. The number of benzene rings is 8. The summed E-state index contributed by atoms with van der Waals surface area (Å²) in [6, 6.07) is 76.5. The number of hydrogen-bond donors (Lipinski definition) is 2. The molecule has 0 saturated heterocycles. The Morgan fingerprint density at radius 2 is 0.467 bits per heavy atom. The molecule has 290 valence electrons. The average Bonchev–Trinajstić information content (AvgIpc) is 3.32. The van der Waals surface area contributed by atoms with Gasteiger partial charge in [-0.25, -0.2) is 0 Å². The lowest BCUT2D eigenvalue weighted by Gasteiger charge is -2.52. The highest BCUT2D eigenvalue weighted by atomic mass is 16.2. The predicted octanol–water partition coefficient (Wildman–Crippen LogP) is 10.3. The number of fused-ring (bicyclic) bond motifs is 1. The van der Waals surface area contributed by atoms with Gasteiger partial charge in [-0.15, -0.1) is 0 Å². The number of nitrogens with one attached hydrogen (secondary N) is 2. The van der Waals surface area contributed by atoms with E-state index in [1.54, 1.807) is 0 Å². The second-order valence-electron chi connectivity index (χ2n) is 15.9. The zero-order chi connectivity index (χ0) is 40.5. The lowest BCUT2D eigenvalue weighted by atomic mass is 9.58. The van der Waals surface area contributed by atoms with E-state index in [-0.39, 0.29) is 23.7 Å². The first-order chi connectivity index (χ1) is 29.6. The Balaban J connectivity index is 1.19. The number of hydrogen-bond acceptors (Lipinski definition) is 2. The first-order valence-electron chi connectivity index (χ1n) is 20.8. The topological polar surface area (TPSA) is 58.2 Å². The summed E-state index contributed by atoms with van der Waals surface area (Å²) in [5.41, 5.74) is 7.41. The molecule has 3 aliphatic carbocycles. The van der Waals surface area contributed by atoms with E-state index in [2.05, 4.69) is 59.2 Å². The maximum atomic E-state index is 16.1. The molecule has 60 heavy (non-hydrogen) atoms. The molecule has 0 unspecified atom stereocenters. The van der Waals surface area contributed by atoms with Crippen LogP contribution in [0.1, 0.15) is 67.5 Å². The molecule has 2 amide bonds. The maximum Gasteiger partial charge on any atom is 0.239 e. The SMILES string of the molecule is O=C(N[C@@H]1C2c3ccccc3C(c3ccccc32)[C@H]1NC(=O)C(c1ccccc1)(c1ccccc1)c1ccccc1)C(c1ccccc1)(c1ccccc1)c1ccccc1. The van der Waals surface area contributed by atoms with Gasteiger partial charge in [0.15, 0.2) is 0 Å². The lowest BCUT2D eigenvalue weighted by Crippen LogP contribution is -2.65. The van der Waals surface area contributed by atoms with Crippen LogP contribution in [0.2, 0.25) is 0 Å². The maximum absolute atomic E-state index is 16.1. The molecule has 4 nitrogen and oxygen atoms in total. The van der Waals surface area contributed by atoms with Gasteiger partial charge in [0.25, 0.3) is 0 Å². The van der Waals surface area contributed by atoms with E-state index in [0.717, 1.165) is 33.4 Å². The summed E-state index contributed by atoms with van der Waals surface area (Å²) in [6.45, 7) is 0. The summed E-state index contributed by atoms with van der Waals surface area (Å²) in [5, 5.41) is 7.48. The van der Waals surface area contributed by atoms with E-state index in [9.17, 15) is 0 Å². The third kappa shape index (κ3) is 5.82. The molecule has 2 atom stereocenters. The fourth-order valence-corrected chi connectivity index (χ4v) is 10.5. The van der Waals surface area contributed by atoms with Gasteiger partial charge in [0, 0.05) is 11.8 Å². The van der Waals surface area contributed by atoms with E-state index >= 15 is 9.59 Å². The summed E-state index contributed by atoms with van der Waals surface area (Å²) in [6.07, 6.45) is 0. The van der Waals surface area contributed by atoms with Gasteiger partial charge in [-0.1, -0.05) is 231 Å². The van der Waals surface area contributed by atoms with E-state index in [4.69, 9.17) is 0 Å². The van der Waals surface area contributed by atoms with Crippen molar-refractivity contribution in [3.63, 3.8) is 0 Å². The Kier molecular flexibility index (Phi) is 9.54. The van der Waals surface area contributed by atoms with Crippen molar-refractivity contribution < 1.29 is 9.59 Å². The van der Waals surface area contributed by atoms with Gasteiger partial charge in [-0.05, 0) is 55.6 Å². The van der Waals surface area contributed by atoms with E-state index in [1.807, 2.05) is 182 Å². The van der Waals surface area contributed by atoms with Crippen LogP contribution < -0.4 is 10.6 Å². The van der Waals surface area contributed by atoms with E-state index < -0.39 is 22.9 Å². The second-order valence-corrected chi connectivity index (χ2v) is 15.9. The van der Waals surface area contributed by atoms with Gasteiger partial charge in [0.1, 0.15) is 10.8 Å². The summed E-state index contributed by atoms with van der Waals surface area (Å²) < 4.78 is 0. The normalized spacial score (nSPS) is 17.8. The van der Waals surface area contributed by atoms with Crippen LogP contribution in [0.15, 0.2) is 231 Å². The van der Waals surface area contributed by atoms with Crippen LogP contribution >= 0.6 is 0 Å². The van der Waals surface area contributed by atoms with Crippen molar-refractivity contribution in [2.24, 2.45) is 0 Å². The van der Waals surface area contributed by atoms with Gasteiger partial charge >= 0.3 is 0 Å². The van der Waals surface area contributed by atoms with Crippen LogP contribution in [0.25, 0.3) is 0 Å². The molecular formula is C56H44N2O2. The van der Waals surface area contributed by atoms with Gasteiger partial charge in [0.05, 0.1) is 12.1 Å². The Morgan fingerprint density at radius 1 is 0.283 bits per heavy atom. The quantitative estimate of drug-likeness (QED) is 0.136. The molecular weight excluding hydrogens is 733 g/mol. The Bertz CT molecular complexity index is 2320. The molecule has 0 radical (unpaired) electrons. The molecule has 0 aliphatic heterocycles. The molecule has 11 rings (SSSR count). The van der Waals surface area contributed by atoms with Gasteiger partial charge in [0.2, 0.25) is 11.8 Å². The molecule has 3 aliphatic rings. The molecule has 8 aromatic rings. The minimum absolute atomic E-state index is 0.154. The van der Waals surface area contributed by atoms with Crippen LogP contribution in [0.3, 0.4) is 0 Å². The monoisotopic (exact) mass is 776 g/mol. The third-order valence-corrected chi connectivity index (χ3v) is 13.0. The first-order valence-corrected chi connectivity index (χ1v) is 20.8. The number of amides is 2. The van der Waals surface area contributed by atoms with Crippen LogP contribution in [-0.4, -0.2) is 23.9 Å². The summed E-state index contributed by atoms with van der Waals surface area (Å²) in [7, 11) is 0. The lowest BCUT2D eigenvalue weighted by molar-refractivity contribution is -0.128. The first kappa shape index (κ1) is 37.0. The molecule has 4 heteroatoms. The fraction of sp³-hybridized carbons (Fsp3) is 0.107. The molecule has 0 heterocycles. The molecule has 8 aromatic carbocycles. The summed E-state index contributed by atoms with van der Waals surface area (Å²) >= 11 is 0. The largest absolute Gasteiger partial charge is 0.349 e. The standard InChI is InChI=1S/C56H44N2O2/c59-53(55(39-23-7-1-8-24-39,40-25-9-2-10-26-40)41-27-11-3-12-28-41)57-51-49-45-35-19-21-37-47(45)50(48-38-22-20-36-46(48)49)52(51)58-54(60)56(42-29-13-4-14-30-42,43-31-15-5-16-32-43)44-33-17-6-18-34-44/h1-38,49-52H,(H,57,59)(H,58,60)/t49?,50?,51-,52-/m1/s1. The van der Waals surface area contributed by atoms with Crippen LogP contribution in [-0.2, 0) is 20.4 Å². The van der Waals surface area contributed by atoms with Gasteiger partial charge in [-0.2, -0.15) is 0 Å². The molecule has 0 spiro atoms. The van der Waals surface area contributed by atoms with Crippen molar-refractivity contribution in [2.45, 2.75) is 34.7 Å². The van der Waals surface area contributed by atoms with E-state index in [1.165, 1.54) is 22.3 Å². The van der Waals surface area contributed by atoms with E-state index in [0.29, 0.717) is 0 Å². The number of carbonyl (C=O) groups is 2. The summed E-state index contributed by atoms with van der Waals surface area (Å²) in [4.78, 5) is 32.2. The Morgan fingerprint density at radius 3 is 0.667 bits per heavy atom. The number of rotatable bonds is 10. The van der Waals surface area contributed by atoms with Gasteiger partial charge < -0.3 is 10.6 Å². The molecule has 2 bridgehead atoms. The minimum Gasteiger partial charge on any atom is -0.349 e. The molecule has 0 aromatic heterocycles. The number of carbonyl (C=O) groups excluding carboxylic acids is 2. The van der Waals surface area contributed by atoms with Crippen molar-refractivity contribution in [1.82, 2.24) is 10.6 Å². The highest BCUT2D eigenvalue weighted by Gasteiger charge is 2.55. The zero-order valence-electron chi connectivity index (χ0n) is 33.1. The minimum atomic E-state index is -1.21. The highest BCUT2D eigenvalue weighted by molar-refractivity contribution is 5.98. The zero-order valence-corrected chi connectivity index (χ0v) is 33.1. The van der Waals surface area contributed by atoms with Crippen molar-refractivity contribution >= 4 is 11.8 Å². The Labute approximate surface area is 351 Å². The van der Waals surface area contributed by atoms with Crippen LogP contribution in [0.5, 0.6) is 0 Å². The van der Waals surface area contributed by atoms with Crippen molar-refractivity contribution in [2.75, 3.05) is 0 Å². The highest BCUT2D eigenvalue weighted by Crippen LogP contribution is 2.54. The average molecular weight is 777 g/mol. The fourth-order valence-electron chi connectivity index (χ4n) is 10.5. The summed E-state index contributed by atoms with van der Waals surface area (Å²) in [5.74, 6) is -0.788. The van der Waals surface area contributed by atoms with Crippen LogP contribution in [0.4, 0.5) is 0 Å². The smallest absolute Gasteiger partial charge is 0.239 e. The van der Waals surface area contributed by atoms with Crippen molar-refractivity contribution in [3.8, 4) is 0 Å². The molecule has 0 fully saturated rings. The van der Waals surface area contributed by atoms with Crippen molar-refractivity contribution in [1.29, 1.82) is 0 Å². The second kappa shape index (κ2) is 15.5. The Hall–Kier alpha value is -7.30. The molecule has 0 saturated carbocycles. The van der Waals surface area contributed by atoms with Crippen LogP contribution in [0, 0.1) is 0 Å². The van der Waals surface area contributed by atoms with Gasteiger partial charge in [-0.3, -0.25) is 9.59 Å².